The molecule has 3 rings (SSSR count). The van der Waals surface area contributed by atoms with Gasteiger partial charge in [-0.1, -0.05) is 0 Å². The zero-order valence-corrected chi connectivity index (χ0v) is 13.5. The minimum Gasteiger partial charge on any atom is -0.472 e. The highest BCUT2D eigenvalue weighted by Gasteiger charge is 2.27. The van der Waals surface area contributed by atoms with Crippen LogP contribution >= 0.6 is 0 Å². The summed E-state index contributed by atoms with van der Waals surface area (Å²) in [5.41, 5.74) is 1.40. The molecule has 8 nitrogen and oxygen atoms in total. The summed E-state index contributed by atoms with van der Waals surface area (Å²) >= 11 is 0. The van der Waals surface area contributed by atoms with E-state index in [2.05, 4.69) is 9.82 Å². The fraction of sp³-hybridized carbons (Fsp3) is 0.429. The van der Waals surface area contributed by atoms with E-state index in [9.17, 15) is 13.2 Å². The molecule has 3 heterocycles. The lowest BCUT2D eigenvalue weighted by Crippen LogP contribution is -2.38. The second-order valence-corrected chi connectivity index (χ2v) is 7.52. The van der Waals surface area contributed by atoms with Crippen LogP contribution in [0.25, 0.3) is 0 Å². The van der Waals surface area contributed by atoms with E-state index < -0.39 is 10.0 Å². The van der Waals surface area contributed by atoms with Crippen molar-refractivity contribution in [1.82, 2.24) is 19.4 Å². The van der Waals surface area contributed by atoms with Crippen molar-refractivity contribution in [2.45, 2.75) is 13.1 Å². The van der Waals surface area contributed by atoms with Crippen molar-refractivity contribution in [2.24, 2.45) is 5.92 Å². The first-order chi connectivity index (χ1) is 10.9. The fourth-order valence-electron chi connectivity index (χ4n) is 2.65. The second-order valence-electron chi connectivity index (χ2n) is 5.69. The molecule has 1 amide bonds. The van der Waals surface area contributed by atoms with Crippen LogP contribution in [0, 0.1) is 5.92 Å². The molecule has 0 spiro atoms. The summed E-state index contributed by atoms with van der Waals surface area (Å²) in [6, 6.07) is 3.48. The van der Waals surface area contributed by atoms with E-state index in [1.54, 1.807) is 17.2 Å². The highest BCUT2D eigenvalue weighted by molar-refractivity contribution is 7.88. The van der Waals surface area contributed by atoms with Crippen LogP contribution in [0.1, 0.15) is 16.1 Å². The summed E-state index contributed by atoms with van der Waals surface area (Å²) in [5.74, 6) is -0.209. The van der Waals surface area contributed by atoms with Crippen molar-refractivity contribution in [3.05, 3.63) is 42.1 Å². The SMILES string of the molecule is CS(=O)(=O)NC[C@H]1CN(C(=O)c2ccoc2)Cc2ccnn2C1. The van der Waals surface area contributed by atoms with Gasteiger partial charge >= 0.3 is 0 Å². The highest BCUT2D eigenvalue weighted by atomic mass is 32.2. The lowest BCUT2D eigenvalue weighted by Gasteiger charge is -2.23. The van der Waals surface area contributed by atoms with Crippen LogP contribution in [-0.4, -0.2) is 48.4 Å². The molecule has 0 aromatic carbocycles. The first kappa shape index (κ1) is 15.8. The third kappa shape index (κ3) is 3.80. The standard InChI is InChI=1S/C14H18N4O4S/c1-23(20,21)16-6-11-7-17(14(19)12-3-5-22-10-12)9-13-2-4-15-18(13)8-11/h2-5,10-11,16H,6-9H2,1H3/t11-/m0/s1. The van der Waals surface area contributed by atoms with Crippen LogP contribution in [0.3, 0.4) is 0 Å². The minimum absolute atomic E-state index is 0.0678. The van der Waals surface area contributed by atoms with E-state index in [1.165, 1.54) is 12.5 Å². The quantitative estimate of drug-likeness (QED) is 0.864. The van der Waals surface area contributed by atoms with Crippen molar-refractivity contribution in [1.29, 1.82) is 0 Å². The van der Waals surface area contributed by atoms with Gasteiger partial charge in [0.05, 0.1) is 30.3 Å². The molecule has 1 aliphatic heterocycles. The molecule has 0 unspecified atom stereocenters. The van der Waals surface area contributed by atoms with E-state index in [0.29, 0.717) is 25.2 Å². The van der Waals surface area contributed by atoms with Gasteiger partial charge in [0.2, 0.25) is 10.0 Å². The molecule has 2 aromatic heterocycles. The van der Waals surface area contributed by atoms with Crippen molar-refractivity contribution < 1.29 is 17.6 Å². The van der Waals surface area contributed by atoms with Crippen molar-refractivity contribution in [2.75, 3.05) is 19.3 Å². The maximum atomic E-state index is 12.6. The molecule has 0 bridgehead atoms. The fourth-order valence-corrected chi connectivity index (χ4v) is 3.19. The lowest BCUT2D eigenvalue weighted by atomic mass is 10.1. The van der Waals surface area contributed by atoms with Gasteiger partial charge in [0.15, 0.2) is 0 Å². The molecule has 124 valence electrons. The summed E-state index contributed by atoms with van der Waals surface area (Å²) in [6.45, 7) is 1.68. The number of carbonyl (C=O) groups is 1. The van der Waals surface area contributed by atoms with E-state index in [1.807, 2.05) is 10.7 Å². The average molecular weight is 338 g/mol. The smallest absolute Gasteiger partial charge is 0.257 e. The normalized spacial score (nSPS) is 18.5. The summed E-state index contributed by atoms with van der Waals surface area (Å²) in [6.07, 6.45) is 5.67. The van der Waals surface area contributed by atoms with Gasteiger partial charge < -0.3 is 9.32 Å². The summed E-state index contributed by atoms with van der Waals surface area (Å²) in [7, 11) is -3.28. The number of hydrogen-bond donors (Lipinski definition) is 1. The number of aromatic nitrogens is 2. The summed E-state index contributed by atoms with van der Waals surface area (Å²) in [4.78, 5) is 14.3. The monoisotopic (exact) mass is 338 g/mol. The van der Waals surface area contributed by atoms with Crippen LogP contribution in [0.4, 0.5) is 0 Å². The number of nitrogens with one attached hydrogen (secondary N) is 1. The molecule has 0 aliphatic carbocycles. The number of furan rings is 1. The van der Waals surface area contributed by atoms with E-state index in [4.69, 9.17) is 4.42 Å². The number of hydrogen-bond acceptors (Lipinski definition) is 5. The van der Waals surface area contributed by atoms with Crippen LogP contribution in [0.5, 0.6) is 0 Å². The van der Waals surface area contributed by atoms with Gasteiger partial charge in [0.25, 0.3) is 5.91 Å². The van der Waals surface area contributed by atoms with Gasteiger partial charge in [0, 0.05) is 31.7 Å². The van der Waals surface area contributed by atoms with Crippen molar-refractivity contribution in [3.63, 3.8) is 0 Å². The lowest BCUT2D eigenvalue weighted by molar-refractivity contribution is 0.0721. The molecule has 1 atom stereocenters. The second kappa shape index (κ2) is 6.17. The number of rotatable bonds is 4. The van der Waals surface area contributed by atoms with E-state index in [0.717, 1.165) is 11.9 Å². The average Bonchev–Trinajstić information content (AvgIpc) is 3.12. The Hall–Kier alpha value is -2.13. The molecular formula is C14H18N4O4S. The van der Waals surface area contributed by atoms with Gasteiger partial charge in [0.1, 0.15) is 6.26 Å². The van der Waals surface area contributed by atoms with Crippen LogP contribution in [-0.2, 0) is 23.1 Å². The Morgan fingerprint density at radius 3 is 2.96 bits per heavy atom. The Bertz CT molecular complexity index is 782. The van der Waals surface area contributed by atoms with Crippen molar-refractivity contribution in [3.8, 4) is 0 Å². The number of sulfonamides is 1. The molecule has 0 fully saturated rings. The number of carbonyl (C=O) groups excluding carboxylic acids is 1. The molecule has 23 heavy (non-hydrogen) atoms. The summed E-state index contributed by atoms with van der Waals surface area (Å²) in [5, 5.41) is 4.25. The van der Waals surface area contributed by atoms with Crippen LogP contribution in [0.2, 0.25) is 0 Å². The zero-order chi connectivity index (χ0) is 16.4. The van der Waals surface area contributed by atoms with Crippen molar-refractivity contribution >= 4 is 15.9 Å². The maximum absolute atomic E-state index is 12.6. The minimum atomic E-state index is -3.28. The predicted molar refractivity (Wildman–Crippen MR) is 82.0 cm³/mol. The molecule has 1 N–H and O–H groups in total. The largest absolute Gasteiger partial charge is 0.472 e. The first-order valence-electron chi connectivity index (χ1n) is 7.19. The molecular weight excluding hydrogens is 320 g/mol. The molecule has 0 saturated heterocycles. The van der Waals surface area contributed by atoms with Gasteiger partial charge in [-0.2, -0.15) is 5.10 Å². The van der Waals surface area contributed by atoms with E-state index in [-0.39, 0.29) is 18.4 Å². The Morgan fingerprint density at radius 2 is 2.26 bits per heavy atom. The maximum Gasteiger partial charge on any atom is 0.257 e. The first-order valence-corrected chi connectivity index (χ1v) is 9.08. The topological polar surface area (TPSA) is 97.4 Å². The zero-order valence-electron chi connectivity index (χ0n) is 12.7. The highest BCUT2D eigenvalue weighted by Crippen LogP contribution is 2.18. The van der Waals surface area contributed by atoms with Crippen LogP contribution in [0.15, 0.2) is 35.3 Å². The van der Waals surface area contributed by atoms with E-state index >= 15 is 0 Å². The molecule has 0 radical (unpaired) electrons. The number of amides is 1. The molecule has 0 saturated carbocycles. The Kier molecular flexibility index (Phi) is 4.22. The third-order valence-electron chi connectivity index (χ3n) is 3.76. The molecule has 2 aromatic rings. The van der Waals surface area contributed by atoms with Gasteiger partial charge in [-0.15, -0.1) is 0 Å². The molecule has 1 aliphatic rings. The van der Waals surface area contributed by atoms with Gasteiger partial charge in [-0.05, 0) is 12.1 Å². The Labute approximate surface area is 134 Å². The molecule has 9 heteroatoms. The Balaban J connectivity index is 1.81. The van der Waals surface area contributed by atoms with Crippen LogP contribution < -0.4 is 4.72 Å². The van der Waals surface area contributed by atoms with Gasteiger partial charge in [-0.25, -0.2) is 13.1 Å². The third-order valence-corrected chi connectivity index (χ3v) is 4.45. The predicted octanol–water partition coefficient (Wildman–Crippen LogP) is 0.297. The Morgan fingerprint density at radius 1 is 1.43 bits per heavy atom. The number of fused-ring (bicyclic) bond motifs is 1. The van der Waals surface area contributed by atoms with Gasteiger partial charge in [-0.3, -0.25) is 9.48 Å². The number of nitrogens with zero attached hydrogens (tertiary/aromatic N) is 3. The summed E-state index contributed by atoms with van der Waals surface area (Å²) < 4.78 is 32.0.